The number of fused-ring (bicyclic) bond motifs is 1. The minimum Gasteiger partial charge on any atom is -0.293 e. The summed E-state index contributed by atoms with van der Waals surface area (Å²) in [5.41, 5.74) is 0.544. The first kappa shape index (κ1) is 10.4. The number of hydrogen-bond donors (Lipinski definition) is 0. The van der Waals surface area contributed by atoms with Gasteiger partial charge in [-0.3, -0.25) is 14.5 Å². The number of halogens is 1. The number of benzene rings is 1. The van der Waals surface area contributed by atoms with Crippen molar-refractivity contribution in [3.05, 3.63) is 29.6 Å². The summed E-state index contributed by atoms with van der Waals surface area (Å²) in [6.07, 6.45) is 0. The second kappa shape index (κ2) is 3.78. The first-order valence-corrected chi connectivity index (χ1v) is 4.70. The van der Waals surface area contributed by atoms with Gasteiger partial charge >= 0.3 is 0 Å². The summed E-state index contributed by atoms with van der Waals surface area (Å²) < 4.78 is 12.9. The highest BCUT2D eigenvalue weighted by atomic mass is 19.1. The van der Waals surface area contributed by atoms with Gasteiger partial charge in [0.1, 0.15) is 5.82 Å². The molecule has 0 radical (unpaired) electrons. The normalized spacial score (nSPS) is 13.5. The Labute approximate surface area is 91.9 Å². The molecule has 2 rings (SSSR count). The van der Waals surface area contributed by atoms with Gasteiger partial charge in [0.05, 0.1) is 17.8 Å². The minimum absolute atomic E-state index is 0.114. The number of carbonyl (C=O) groups is 2. The molecule has 16 heavy (non-hydrogen) atoms. The highest BCUT2D eigenvalue weighted by molar-refractivity contribution is 6.52. The summed E-state index contributed by atoms with van der Waals surface area (Å²) in [5, 5.41) is 0. The third kappa shape index (κ3) is 1.47. The van der Waals surface area contributed by atoms with E-state index in [-0.39, 0.29) is 12.1 Å². The van der Waals surface area contributed by atoms with Gasteiger partial charge in [-0.05, 0) is 25.1 Å². The number of anilines is 1. The van der Waals surface area contributed by atoms with E-state index >= 15 is 0 Å². The van der Waals surface area contributed by atoms with Crippen molar-refractivity contribution in [2.75, 3.05) is 11.4 Å². The molecule has 3 nitrogen and oxygen atoms in total. The van der Waals surface area contributed by atoms with Crippen LogP contribution in [-0.4, -0.2) is 18.2 Å². The van der Waals surface area contributed by atoms with Crippen LogP contribution in [0.25, 0.3) is 0 Å². The number of carbonyl (C=O) groups excluding carboxylic acids is 2. The van der Waals surface area contributed by atoms with Crippen molar-refractivity contribution in [3.8, 4) is 11.8 Å². The molecule has 1 amide bonds. The van der Waals surface area contributed by atoms with Gasteiger partial charge in [-0.2, -0.15) is 0 Å². The lowest BCUT2D eigenvalue weighted by Crippen LogP contribution is -2.29. The molecule has 0 saturated carbocycles. The zero-order valence-corrected chi connectivity index (χ0v) is 8.58. The van der Waals surface area contributed by atoms with E-state index in [0.717, 1.165) is 6.07 Å². The Hall–Kier alpha value is -2.15. The van der Waals surface area contributed by atoms with Crippen LogP contribution in [0.2, 0.25) is 0 Å². The standard InChI is InChI=1S/C12H8FNO2/c1-2-3-6-14-10-5-4-8(13)7-9(10)11(15)12(14)16/h4-5,7H,6H2,1H3. The van der Waals surface area contributed by atoms with Crippen LogP contribution in [0, 0.1) is 17.7 Å². The highest BCUT2D eigenvalue weighted by Gasteiger charge is 2.35. The van der Waals surface area contributed by atoms with Gasteiger partial charge in [0.2, 0.25) is 0 Å². The van der Waals surface area contributed by atoms with Gasteiger partial charge in [0, 0.05) is 0 Å². The second-order valence-corrected chi connectivity index (χ2v) is 3.31. The molecule has 0 unspecified atom stereocenters. The Bertz CT molecular complexity index is 540. The highest BCUT2D eigenvalue weighted by Crippen LogP contribution is 2.28. The average molecular weight is 217 g/mol. The fourth-order valence-corrected chi connectivity index (χ4v) is 1.59. The molecule has 0 fully saturated rings. The fraction of sp³-hybridized carbons (Fsp3) is 0.167. The smallest absolute Gasteiger partial charge is 0.293 e. The maximum absolute atomic E-state index is 12.9. The first-order valence-electron chi connectivity index (χ1n) is 4.70. The maximum atomic E-state index is 12.9. The molecule has 80 valence electrons. The third-order valence-corrected chi connectivity index (χ3v) is 2.35. The predicted octanol–water partition coefficient (Wildman–Crippen LogP) is 1.38. The molecular weight excluding hydrogens is 209 g/mol. The molecule has 0 aromatic heterocycles. The predicted molar refractivity (Wildman–Crippen MR) is 56.5 cm³/mol. The molecule has 0 aliphatic carbocycles. The summed E-state index contributed by atoms with van der Waals surface area (Å²) in [6, 6.07) is 3.72. The van der Waals surface area contributed by atoms with Crippen LogP contribution in [0.1, 0.15) is 17.3 Å². The van der Waals surface area contributed by atoms with E-state index < -0.39 is 17.5 Å². The maximum Gasteiger partial charge on any atom is 0.300 e. The Morgan fingerprint density at radius 3 is 2.81 bits per heavy atom. The monoisotopic (exact) mass is 217 g/mol. The Morgan fingerprint density at radius 1 is 1.38 bits per heavy atom. The molecule has 0 spiro atoms. The van der Waals surface area contributed by atoms with Crippen LogP contribution < -0.4 is 4.90 Å². The lowest BCUT2D eigenvalue weighted by molar-refractivity contribution is -0.114. The van der Waals surface area contributed by atoms with E-state index in [2.05, 4.69) is 11.8 Å². The molecule has 0 saturated heterocycles. The lowest BCUT2D eigenvalue weighted by Gasteiger charge is -2.12. The van der Waals surface area contributed by atoms with Crippen molar-refractivity contribution in [1.82, 2.24) is 0 Å². The molecule has 0 bridgehead atoms. The topological polar surface area (TPSA) is 37.4 Å². The summed E-state index contributed by atoms with van der Waals surface area (Å²) in [6.45, 7) is 1.80. The molecular formula is C12H8FNO2. The lowest BCUT2D eigenvalue weighted by atomic mass is 10.1. The molecule has 1 aliphatic heterocycles. The number of ketones is 1. The quantitative estimate of drug-likeness (QED) is 0.526. The number of amides is 1. The van der Waals surface area contributed by atoms with Gasteiger partial charge < -0.3 is 0 Å². The molecule has 1 aromatic rings. The Morgan fingerprint density at radius 2 is 2.12 bits per heavy atom. The summed E-state index contributed by atoms with van der Waals surface area (Å²) >= 11 is 0. The minimum atomic E-state index is -0.674. The fourth-order valence-electron chi connectivity index (χ4n) is 1.59. The first-order chi connectivity index (χ1) is 7.65. The molecule has 1 aliphatic rings. The zero-order valence-electron chi connectivity index (χ0n) is 8.58. The molecule has 1 aromatic carbocycles. The summed E-state index contributed by atoms with van der Waals surface area (Å²) in [5.74, 6) is 3.50. The van der Waals surface area contributed by atoms with E-state index in [4.69, 9.17) is 0 Å². The molecule has 4 heteroatoms. The van der Waals surface area contributed by atoms with E-state index in [1.807, 2.05) is 0 Å². The van der Waals surface area contributed by atoms with E-state index in [1.165, 1.54) is 17.0 Å². The van der Waals surface area contributed by atoms with Gasteiger partial charge in [0.15, 0.2) is 0 Å². The summed E-state index contributed by atoms with van der Waals surface area (Å²) in [7, 11) is 0. The molecule has 0 atom stereocenters. The summed E-state index contributed by atoms with van der Waals surface area (Å²) in [4.78, 5) is 24.3. The van der Waals surface area contributed by atoms with Crippen molar-refractivity contribution in [1.29, 1.82) is 0 Å². The van der Waals surface area contributed by atoms with E-state index in [0.29, 0.717) is 5.69 Å². The number of hydrogen-bond acceptors (Lipinski definition) is 2. The average Bonchev–Trinajstić information content (AvgIpc) is 2.50. The van der Waals surface area contributed by atoms with Gasteiger partial charge in [-0.25, -0.2) is 4.39 Å². The van der Waals surface area contributed by atoms with E-state index in [1.54, 1.807) is 6.92 Å². The van der Waals surface area contributed by atoms with Gasteiger partial charge in [-0.1, -0.05) is 5.92 Å². The van der Waals surface area contributed by atoms with Crippen molar-refractivity contribution in [2.24, 2.45) is 0 Å². The van der Waals surface area contributed by atoms with Gasteiger partial charge in [0.25, 0.3) is 11.7 Å². The Kier molecular flexibility index (Phi) is 2.45. The van der Waals surface area contributed by atoms with Crippen LogP contribution in [0.5, 0.6) is 0 Å². The van der Waals surface area contributed by atoms with Crippen LogP contribution in [0.4, 0.5) is 10.1 Å². The van der Waals surface area contributed by atoms with Crippen LogP contribution in [-0.2, 0) is 4.79 Å². The SMILES string of the molecule is CC#CCN1C(=O)C(=O)c2cc(F)ccc21. The number of nitrogens with zero attached hydrogens (tertiary/aromatic N) is 1. The van der Waals surface area contributed by atoms with Crippen LogP contribution >= 0.6 is 0 Å². The van der Waals surface area contributed by atoms with Crippen molar-refractivity contribution >= 4 is 17.4 Å². The van der Waals surface area contributed by atoms with E-state index in [9.17, 15) is 14.0 Å². The van der Waals surface area contributed by atoms with Crippen LogP contribution in [0.15, 0.2) is 18.2 Å². The molecule has 0 N–H and O–H groups in total. The van der Waals surface area contributed by atoms with Crippen molar-refractivity contribution in [2.45, 2.75) is 6.92 Å². The zero-order chi connectivity index (χ0) is 11.7. The third-order valence-electron chi connectivity index (χ3n) is 2.35. The Balaban J connectivity index is 2.48. The van der Waals surface area contributed by atoms with Crippen molar-refractivity contribution in [3.63, 3.8) is 0 Å². The van der Waals surface area contributed by atoms with Crippen molar-refractivity contribution < 1.29 is 14.0 Å². The molecule has 1 heterocycles. The second-order valence-electron chi connectivity index (χ2n) is 3.31. The number of rotatable bonds is 1. The largest absolute Gasteiger partial charge is 0.300 e. The van der Waals surface area contributed by atoms with Crippen LogP contribution in [0.3, 0.4) is 0 Å². The van der Waals surface area contributed by atoms with Gasteiger partial charge in [-0.15, -0.1) is 5.92 Å². The number of Topliss-reactive ketones (excluding diaryl/α,β-unsaturated/α-hetero) is 1.